The van der Waals surface area contributed by atoms with E-state index >= 15 is 0 Å². The van der Waals surface area contributed by atoms with Gasteiger partial charge in [0.25, 0.3) is 0 Å². The third-order valence-electron chi connectivity index (χ3n) is 6.12. The van der Waals surface area contributed by atoms with E-state index in [9.17, 15) is 24.8 Å². The van der Waals surface area contributed by atoms with Gasteiger partial charge in [-0.3, -0.25) is 9.59 Å². The molecule has 0 fully saturated rings. The summed E-state index contributed by atoms with van der Waals surface area (Å²) in [6, 6.07) is 11.5. The van der Waals surface area contributed by atoms with Crippen LogP contribution in [0.1, 0.15) is 75.8 Å². The van der Waals surface area contributed by atoms with Crippen molar-refractivity contribution in [2.24, 2.45) is 0 Å². The number of hydrogen-bond acceptors (Lipinski definition) is 6. The molecular weight excluding hydrogens is 508 g/mol. The zero-order valence-electron chi connectivity index (χ0n) is 24.6. The number of alkyl carbamates (subject to hydrolysis) is 1. The number of carbonyl (C=O) groups is 3. The van der Waals surface area contributed by atoms with Crippen LogP contribution in [-0.2, 0) is 20.7 Å². The minimum Gasteiger partial charge on any atom is -0.508 e. The number of benzene rings is 2. The molecule has 0 radical (unpaired) electrons. The molecule has 0 aromatic heterocycles. The Balaban J connectivity index is 2.58. The normalized spacial score (nSPS) is 13.3. The molecule has 0 aliphatic heterocycles. The van der Waals surface area contributed by atoms with Crippen LogP contribution in [0.4, 0.5) is 4.79 Å². The van der Waals surface area contributed by atoms with E-state index in [1.165, 1.54) is 17.0 Å². The molecule has 9 nitrogen and oxygen atoms in total. The lowest BCUT2D eigenvalue weighted by Crippen LogP contribution is -2.54. The van der Waals surface area contributed by atoms with Crippen molar-refractivity contribution in [3.63, 3.8) is 0 Å². The number of aryl methyl sites for hydroxylation is 2. The molecule has 216 valence electrons. The maximum atomic E-state index is 14.2. The van der Waals surface area contributed by atoms with Gasteiger partial charge < -0.3 is 25.4 Å². The molecule has 3 N–H and O–H groups in total. The van der Waals surface area contributed by atoms with Gasteiger partial charge >= 0.3 is 6.09 Å². The summed E-state index contributed by atoms with van der Waals surface area (Å²) < 4.78 is 5.41. The van der Waals surface area contributed by atoms with Crippen molar-refractivity contribution in [2.45, 2.75) is 91.5 Å². The van der Waals surface area contributed by atoms with Gasteiger partial charge in [-0.15, -0.1) is 0 Å². The molecule has 0 heterocycles. The molecule has 0 aliphatic carbocycles. The number of nitrogens with one attached hydrogen (secondary N) is 2. The Kier molecular flexibility index (Phi) is 11.5. The van der Waals surface area contributed by atoms with E-state index in [4.69, 9.17) is 4.74 Å². The predicted molar refractivity (Wildman–Crippen MR) is 153 cm³/mol. The lowest BCUT2D eigenvalue weighted by Gasteiger charge is -2.34. The Morgan fingerprint density at radius 2 is 1.65 bits per heavy atom. The molecule has 2 aromatic rings. The van der Waals surface area contributed by atoms with Gasteiger partial charge in [-0.2, -0.15) is 5.26 Å². The van der Waals surface area contributed by atoms with Crippen LogP contribution in [0.3, 0.4) is 0 Å². The molecule has 3 unspecified atom stereocenters. The molecule has 2 aromatic carbocycles. The van der Waals surface area contributed by atoms with Gasteiger partial charge in [0.2, 0.25) is 11.8 Å². The first-order chi connectivity index (χ1) is 18.7. The second kappa shape index (κ2) is 14.4. The summed E-state index contributed by atoms with van der Waals surface area (Å²) >= 11 is 0. The number of amides is 3. The highest BCUT2D eigenvalue weighted by Gasteiger charge is 2.37. The molecule has 0 spiro atoms. The van der Waals surface area contributed by atoms with Gasteiger partial charge in [0, 0.05) is 12.5 Å². The van der Waals surface area contributed by atoms with Gasteiger partial charge in [-0.25, -0.2) is 4.79 Å². The highest BCUT2D eigenvalue weighted by Crippen LogP contribution is 2.26. The third kappa shape index (κ3) is 9.92. The highest BCUT2D eigenvalue weighted by molar-refractivity contribution is 5.92. The predicted octanol–water partition coefficient (Wildman–Crippen LogP) is 4.84. The van der Waals surface area contributed by atoms with Crippen molar-refractivity contribution in [3.05, 3.63) is 64.7 Å². The van der Waals surface area contributed by atoms with Crippen LogP contribution in [0.5, 0.6) is 5.75 Å². The van der Waals surface area contributed by atoms with Crippen molar-refractivity contribution in [3.8, 4) is 11.8 Å². The Bertz CT molecular complexity index is 1190. The van der Waals surface area contributed by atoms with Crippen molar-refractivity contribution >= 4 is 17.9 Å². The van der Waals surface area contributed by atoms with E-state index in [1.54, 1.807) is 32.9 Å². The number of nitrogens with zero attached hydrogens (tertiary/aromatic N) is 2. The van der Waals surface area contributed by atoms with Crippen LogP contribution in [0.2, 0.25) is 0 Å². The smallest absolute Gasteiger partial charge is 0.408 e. The van der Waals surface area contributed by atoms with E-state index in [0.717, 1.165) is 24.0 Å². The van der Waals surface area contributed by atoms with Gasteiger partial charge in [-0.05, 0) is 71.2 Å². The van der Waals surface area contributed by atoms with Crippen molar-refractivity contribution in [2.75, 3.05) is 6.54 Å². The van der Waals surface area contributed by atoms with Crippen LogP contribution in [-0.4, -0.2) is 52.1 Å². The summed E-state index contributed by atoms with van der Waals surface area (Å²) in [5.41, 5.74) is 2.24. The van der Waals surface area contributed by atoms with E-state index in [-0.39, 0.29) is 24.8 Å². The van der Waals surface area contributed by atoms with Gasteiger partial charge in [0.15, 0.2) is 0 Å². The van der Waals surface area contributed by atoms with Crippen LogP contribution >= 0.6 is 0 Å². The average molecular weight is 551 g/mol. The fraction of sp³-hybridized carbons (Fsp3) is 0.484. The minimum atomic E-state index is -1.15. The monoisotopic (exact) mass is 550 g/mol. The lowest BCUT2D eigenvalue weighted by atomic mass is 9.97. The van der Waals surface area contributed by atoms with Crippen LogP contribution < -0.4 is 10.6 Å². The summed E-state index contributed by atoms with van der Waals surface area (Å²) in [5, 5.41) is 25.1. The number of phenols is 1. The Morgan fingerprint density at radius 3 is 2.17 bits per heavy atom. The molecule has 0 aliphatic rings. The number of phenolic OH excluding ortho intramolecular Hbond substituents is 1. The van der Waals surface area contributed by atoms with E-state index < -0.39 is 35.6 Å². The first-order valence-corrected chi connectivity index (χ1v) is 13.6. The summed E-state index contributed by atoms with van der Waals surface area (Å²) in [5.74, 6) is -0.955. The van der Waals surface area contributed by atoms with Gasteiger partial charge in [0.1, 0.15) is 30.0 Å². The van der Waals surface area contributed by atoms with Crippen molar-refractivity contribution < 1.29 is 24.2 Å². The first-order valence-electron chi connectivity index (χ1n) is 13.6. The molecule has 3 atom stereocenters. The van der Waals surface area contributed by atoms with Crippen LogP contribution in [0, 0.1) is 25.2 Å². The average Bonchev–Trinajstić information content (AvgIpc) is 2.82. The van der Waals surface area contributed by atoms with E-state index in [1.807, 2.05) is 52.0 Å². The highest BCUT2D eigenvalue weighted by atomic mass is 16.6. The molecule has 3 amide bonds. The number of ether oxygens (including phenoxy) is 1. The van der Waals surface area contributed by atoms with Crippen molar-refractivity contribution in [1.82, 2.24) is 15.5 Å². The Morgan fingerprint density at radius 1 is 1.05 bits per heavy atom. The number of rotatable bonds is 11. The maximum Gasteiger partial charge on any atom is 0.408 e. The van der Waals surface area contributed by atoms with Crippen LogP contribution in [0.15, 0.2) is 42.5 Å². The topological polar surface area (TPSA) is 132 Å². The zero-order chi connectivity index (χ0) is 30.0. The summed E-state index contributed by atoms with van der Waals surface area (Å²) in [6.45, 7) is 12.5. The number of aromatic hydroxyl groups is 1. The number of nitriles is 1. The SMILES string of the molecule is CCCC(C)NC(=O)C(c1cc(C)cc(C)c1)N(CC#N)C(=O)C(Cc1ccc(O)cc1)NC(=O)OC(C)(C)C. The first kappa shape index (κ1) is 32.2. The zero-order valence-corrected chi connectivity index (χ0v) is 24.6. The lowest BCUT2D eigenvalue weighted by molar-refractivity contribution is -0.142. The van der Waals surface area contributed by atoms with Gasteiger partial charge in [0.05, 0.1) is 6.07 Å². The Hall–Kier alpha value is -4.06. The number of carbonyl (C=O) groups excluding carboxylic acids is 3. The molecule has 2 rings (SSSR count). The fourth-order valence-electron chi connectivity index (χ4n) is 4.56. The molecule has 0 bridgehead atoms. The largest absolute Gasteiger partial charge is 0.508 e. The Labute approximate surface area is 237 Å². The molecular formula is C31H42N4O5. The third-order valence-corrected chi connectivity index (χ3v) is 6.12. The molecule has 40 heavy (non-hydrogen) atoms. The van der Waals surface area contributed by atoms with Crippen LogP contribution in [0.25, 0.3) is 0 Å². The second-order valence-corrected chi connectivity index (χ2v) is 11.2. The molecule has 9 heteroatoms. The molecule has 0 saturated heterocycles. The van der Waals surface area contributed by atoms with E-state index in [0.29, 0.717) is 11.1 Å². The quantitative estimate of drug-likeness (QED) is 0.343. The van der Waals surface area contributed by atoms with Crippen molar-refractivity contribution in [1.29, 1.82) is 5.26 Å². The molecule has 0 saturated carbocycles. The van der Waals surface area contributed by atoms with Gasteiger partial charge in [-0.1, -0.05) is 54.8 Å². The van der Waals surface area contributed by atoms with E-state index in [2.05, 4.69) is 10.6 Å². The maximum absolute atomic E-state index is 14.2. The second-order valence-electron chi connectivity index (χ2n) is 11.2. The summed E-state index contributed by atoms with van der Waals surface area (Å²) in [7, 11) is 0. The standard InChI is InChI=1S/C31H42N4O5/c1-8-9-22(4)33-28(37)27(24-17-20(2)16-21(3)18-24)35(15-14-32)29(38)26(34-30(39)40-31(5,6)7)19-23-10-12-25(36)13-11-23/h10-13,16-18,22,26-27,36H,8-9,15,19H2,1-7H3,(H,33,37)(H,34,39). The summed E-state index contributed by atoms with van der Waals surface area (Å²) in [4.78, 5) is 41.9. The minimum absolute atomic E-state index is 0.0493. The fourth-order valence-corrected chi connectivity index (χ4v) is 4.56. The number of hydrogen-bond donors (Lipinski definition) is 3. The summed E-state index contributed by atoms with van der Waals surface area (Å²) in [6.07, 6.45) is 0.866.